The Bertz CT molecular complexity index is 420. The van der Waals surface area contributed by atoms with Crippen molar-refractivity contribution in [1.29, 1.82) is 0 Å². The Labute approximate surface area is 107 Å². The number of aryl methyl sites for hydroxylation is 1. The van der Waals surface area contributed by atoms with Gasteiger partial charge in [-0.1, -0.05) is 31.5 Å². The van der Waals surface area contributed by atoms with E-state index in [1.165, 1.54) is 6.07 Å². The summed E-state index contributed by atoms with van der Waals surface area (Å²) in [6.45, 7) is 7.10. The third-order valence-electron chi connectivity index (χ3n) is 3.00. The van der Waals surface area contributed by atoms with Gasteiger partial charge in [-0.15, -0.1) is 0 Å². The highest BCUT2D eigenvalue weighted by atomic mass is 19.1. The normalized spacial score (nSPS) is 12.7. The number of hydrogen-bond acceptors (Lipinski definition) is 2. The lowest BCUT2D eigenvalue weighted by atomic mass is 10.1. The highest BCUT2D eigenvalue weighted by Gasteiger charge is 2.16. The molecule has 0 aliphatic heterocycles. The molecule has 0 heterocycles. The number of carboxylic acid groups (broad SMARTS) is 1. The van der Waals surface area contributed by atoms with Gasteiger partial charge in [-0.3, -0.25) is 9.69 Å². The van der Waals surface area contributed by atoms with Crippen LogP contribution < -0.4 is 0 Å². The fourth-order valence-electron chi connectivity index (χ4n) is 1.84. The van der Waals surface area contributed by atoms with E-state index in [1.807, 2.05) is 24.8 Å². The topological polar surface area (TPSA) is 40.5 Å². The molecule has 0 amide bonds. The van der Waals surface area contributed by atoms with Crippen LogP contribution in [0.2, 0.25) is 0 Å². The maximum atomic E-state index is 13.6. The van der Waals surface area contributed by atoms with Gasteiger partial charge >= 0.3 is 5.97 Å². The Morgan fingerprint density at radius 1 is 1.50 bits per heavy atom. The van der Waals surface area contributed by atoms with Gasteiger partial charge < -0.3 is 5.11 Å². The summed E-state index contributed by atoms with van der Waals surface area (Å²) in [6, 6.07) is 5.00. The van der Waals surface area contributed by atoms with E-state index in [9.17, 15) is 9.18 Å². The second-order valence-electron chi connectivity index (χ2n) is 4.66. The Kier molecular flexibility index (Phi) is 5.28. The van der Waals surface area contributed by atoms with Crippen molar-refractivity contribution in [2.45, 2.75) is 27.3 Å². The molecule has 0 aliphatic rings. The van der Waals surface area contributed by atoms with Crippen molar-refractivity contribution in [3.8, 4) is 0 Å². The summed E-state index contributed by atoms with van der Waals surface area (Å²) >= 11 is 0. The van der Waals surface area contributed by atoms with Crippen LogP contribution in [-0.4, -0.2) is 29.1 Å². The average molecular weight is 253 g/mol. The summed E-state index contributed by atoms with van der Waals surface area (Å²) in [5, 5.41) is 8.89. The Balaban J connectivity index is 2.73. The Morgan fingerprint density at radius 2 is 2.17 bits per heavy atom. The van der Waals surface area contributed by atoms with Crippen molar-refractivity contribution < 1.29 is 14.3 Å². The largest absolute Gasteiger partial charge is 0.481 e. The number of halogens is 1. The molecule has 0 spiro atoms. The van der Waals surface area contributed by atoms with Crippen molar-refractivity contribution in [2.75, 3.05) is 13.1 Å². The fraction of sp³-hybridized carbons (Fsp3) is 0.500. The maximum absolute atomic E-state index is 13.6. The van der Waals surface area contributed by atoms with Crippen LogP contribution in [-0.2, 0) is 11.3 Å². The van der Waals surface area contributed by atoms with Gasteiger partial charge in [0.05, 0.1) is 5.92 Å². The van der Waals surface area contributed by atoms with Crippen LogP contribution in [0.15, 0.2) is 18.2 Å². The molecule has 0 saturated heterocycles. The molecule has 1 atom stereocenters. The minimum atomic E-state index is -0.821. The SMILES string of the molecule is CCN(Cc1cc(C)ccc1F)CC(C)C(=O)O. The first-order valence-corrected chi connectivity index (χ1v) is 6.14. The summed E-state index contributed by atoms with van der Waals surface area (Å²) in [4.78, 5) is 12.8. The quantitative estimate of drug-likeness (QED) is 0.847. The molecule has 0 aromatic heterocycles. The van der Waals surface area contributed by atoms with E-state index < -0.39 is 11.9 Å². The van der Waals surface area contributed by atoms with E-state index in [0.717, 1.165) is 5.56 Å². The van der Waals surface area contributed by atoms with Gasteiger partial charge in [-0.2, -0.15) is 0 Å². The van der Waals surface area contributed by atoms with E-state index in [4.69, 9.17) is 5.11 Å². The molecule has 0 bridgehead atoms. The van der Waals surface area contributed by atoms with Crippen LogP contribution in [0.3, 0.4) is 0 Å². The molecule has 1 N–H and O–H groups in total. The molecule has 3 nitrogen and oxygen atoms in total. The summed E-state index contributed by atoms with van der Waals surface area (Å²) in [7, 11) is 0. The van der Waals surface area contributed by atoms with E-state index in [2.05, 4.69) is 0 Å². The predicted octanol–water partition coefficient (Wildman–Crippen LogP) is 2.68. The number of benzene rings is 1. The van der Waals surface area contributed by atoms with Crippen molar-refractivity contribution >= 4 is 5.97 Å². The zero-order valence-corrected chi connectivity index (χ0v) is 11.1. The van der Waals surface area contributed by atoms with Crippen molar-refractivity contribution in [2.24, 2.45) is 5.92 Å². The summed E-state index contributed by atoms with van der Waals surface area (Å²) in [5.74, 6) is -1.50. The fourth-order valence-corrected chi connectivity index (χ4v) is 1.84. The maximum Gasteiger partial charge on any atom is 0.307 e. The van der Waals surface area contributed by atoms with Crippen LogP contribution in [0.4, 0.5) is 4.39 Å². The third-order valence-corrected chi connectivity index (χ3v) is 3.00. The molecular formula is C14H20FNO2. The van der Waals surface area contributed by atoms with Crippen LogP contribution in [0.1, 0.15) is 25.0 Å². The highest BCUT2D eigenvalue weighted by molar-refractivity contribution is 5.69. The van der Waals surface area contributed by atoms with Crippen LogP contribution >= 0.6 is 0 Å². The molecule has 4 heteroatoms. The zero-order chi connectivity index (χ0) is 13.7. The molecular weight excluding hydrogens is 233 g/mol. The third kappa shape index (κ3) is 4.11. The molecule has 18 heavy (non-hydrogen) atoms. The van der Waals surface area contributed by atoms with Gasteiger partial charge in [-0.25, -0.2) is 4.39 Å². The lowest BCUT2D eigenvalue weighted by Crippen LogP contribution is -2.31. The van der Waals surface area contributed by atoms with Gasteiger partial charge in [0.25, 0.3) is 0 Å². The summed E-state index contributed by atoms with van der Waals surface area (Å²) < 4.78 is 13.6. The van der Waals surface area contributed by atoms with Crippen LogP contribution in [0.25, 0.3) is 0 Å². The summed E-state index contributed by atoms with van der Waals surface area (Å²) in [6.07, 6.45) is 0. The predicted molar refractivity (Wildman–Crippen MR) is 68.9 cm³/mol. The number of nitrogens with zero attached hydrogens (tertiary/aromatic N) is 1. The Hall–Kier alpha value is -1.42. The van der Waals surface area contributed by atoms with Gasteiger partial charge in [-0.05, 0) is 19.5 Å². The Morgan fingerprint density at radius 3 is 2.72 bits per heavy atom. The monoisotopic (exact) mass is 253 g/mol. The molecule has 0 radical (unpaired) electrons. The molecule has 0 saturated carbocycles. The van der Waals surface area contributed by atoms with Crippen molar-refractivity contribution in [3.63, 3.8) is 0 Å². The van der Waals surface area contributed by atoms with Crippen molar-refractivity contribution in [3.05, 3.63) is 35.1 Å². The van der Waals surface area contributed by atoms with Crippen molar-refractivity contribution in [1.82, 2.24) is 4.90 Å². The smallest absolute Gasteiger partial charge is 0.307 e. The molecule has 0 aliphatic carbocycles. The number of carbonyl (C=O) groups is 1. The second-order valence-corrected chi connectivity index (χ2v) is 4.66. The first-order chi connectivity index (χ1) is 8.43. The molecule has 1 aromatic rings. The van der Waals surface area contributed by atoms with E-state index in [0.29, 0.717) is 25.2 Å². The average Bonchev–Trinajstić information content (AvgIpc) is 2.32. The molecule has 1 unspecified atom stereocenters. The van der Waals surface area contributed by atoms with Gasteiger partial charge in [0.15, 0.2) is 0 Å². The molecule has 0 fully saturated rings. The van der Waals surface area contributed by atoms with Crippen LogP contribution in [0.5, 0.6) is 0 Å². The highest BCUT2D eigenvalue weighted by Crippen LogP contribution is 2.13. The van der Waals surface area contributed by atoms with Crippen LogP contribution in [0, 0.1) is 18.7 Å². The zero-order valence-electron chi connectivity index (χ0n) is 11.1. The molecule has 1 aromatic carbocycles. The first-order valence-electron chi connectivity index (χ1n) is 6.14. The van der Waals surface area contributed by atoms with Gasteiger partial charge in [0.2, 0.25) is 0 Å². The number of rotatable bonds is 6. The lowest BCUT2D eigenvalue weighted by Gasteiger charge is -2.22. The van der Waals surface area contributed by atoms with E-state index in [-0.39, 0.29) is 5.82 Å². The summed E-state index contributed by atoms with van der Waals surface area (Å²) in [5.41, 5.74) is 1.63. The van der Waals surface area contributed by atoms with E-state index >= 15 is 0 Å². The van der Waals surface area contributed by atoms with Gasteiger partial charge in [0.1, 0.15) is 5.82 Å². The van der Waals surface area contributed by atoms with E-state index in [1.54, 1.807) is 13.0 Å². The minimum Gasteiger partial charge on any atom is -0.481 e. The number of hydrogen-bond donors (Lipinski definition) is 1. The molecule has 1 rings (SSSR count). The minimum absolute atomic E-state index is 0.234. The van der Waals surface area contributed by atoms with Gasteiger partial charge in [0, 0.05) is 18.7 Å². The molecule has 100 valence electrons. The second kappa shape index (κ2) is 6.50. The number of aliphatic carboxylic acids is 1. The first kappa shape index (κ1) is 14.6. The number of carboxylic acids is 1. The standard InChI is InChI=1S/C14H20FNO2/c1-4-16(8-11(3)14(17)18)9-12-7-10(2)5-6-13(12)15/h5-7,11H,4,8-9H2,1-3H3,(H,17,18). The lowest BCUT2D eigenvalue weighted by molar-refractivity contribution is -0.141.